The van der Waals surface area contributed by atoms with Gasteiger partial charge in [-0.25, -0.2) is 0 Å². The van der Waals surface area contributed by atoms with E-state index in [-0.39, 0.29) is 0 Å². The highest BCUT2D eigenvalue weighted by atomic mass is 35.5. The number of halogens is 1. The van der Waals surface area contributed by atoms with Crippen LogP contribution in [0.3, 0.4) is 0 Å². The summed E-state index contributed by atoms with van der Waals surface area (Å²) < 4.78 is 5.32. The molecule has 0 N–H and O–H groups in total. The zero-order valence-electron chi connectivity index (χ0n) is 9.52. The fraction of sp³-hybridized carbons (Fsp3) is 0.143. The van der Waals surface area contributed by atoms with E-state index in [0.29, 0.717) is 5.88 Å². The average molecular weight is 265 g/mol. The van der Waals surface area contributed by atoms with Gasteiger partial charge in [0.25, 0.3) is 0 Å². The fourth-order valence-electron chi connectivity index (χ4n) is 1.48. The van der Waals surface area contributed by atoms with Crippen molar-refractivity contribution in [3.05, 3.63) is 54.1 Å². The van der Waals surface area contributed by atoms with Gasteiger partial charge in [-0.3, -0.25) is 0 Å². The lowest BCUT2D eigenvalue weighted by Gasteiger charge is -2.07. The lowest BCUT2D eigenvalue weighted by atomic mass is 10.2. The third-order valence-electron chi connectivity index (χ3n) is 2.37. The Kier molecular flexibility index (Phi) is 4.35. The molecule has 17 heavy (non-hydrogen) atoms. The minimum atomic E-state index is 0.555. The van der Waals surface area contributed by atoms with Gasteiger partial charge in [-0.2, -0.15) is 0 Å². The first kappa shape index (κ1) is 12.3. The molecule has 1 nitrogen and oxygen atoms in total. The van der Waals surface area contributed by atoms with Crippen molar-refractivity contribution in [1.29, 1.82) is 0 Å². The Balaban J connectivity index is 2.19. The van der Waals surface area contributed by atoms with Gasteiger partial charge in [0.2, 0.25) is 0 Å². The third-order valence-corrected chi connectivity index (χ3v) is 3.75. The second kappa shape index (κ2) is 5.99. The molecule has 0 unspecified atom stereocenters. The zero-order chi connectivity index (χ0) is 12.1. The molecule has 2 aromatic carbocycles. The summed E-state index contributed by atoms with van der Waals surface area (Å²) in [7, 11) is 1.69. The predicted octanol–water partition coefficient (Wildman–Crippen LogP) is 4.59. The first-order chi connectivity index (χ1) is 8.33. The molecule has 2 aromatic rings. The number of hydrogen-bond donors (Lipinski definition) is 0. The topological polar surface area (TPSA) is 9.23 Å². The smallest absolute Gasteiger partial charge is 0.132 e. The van der Waals surface area contributed by atoms with Gasteiger partial charge in [-0.1, -0.05) is 36.0 Å². The molecule has 0 aromatic heterocycles. The van der Waals surface area contributed by atoms with Gasteiger partial charge in [-0.05, 0) is 29.8 Å². The van der Waals surface area contributed by atoms with Crippen LogP contribution in [0.4, 0.5) is 0 Å². The Morgan fingerprint density at radius 1 is 1.06 bits per heavy atom. The molecule has 3 heteroatoms. The van der Waals surface area contributed by atoms with E-state index in [9.17, 15) is 0 Å². The molecule has 0 amide bonds. The fourth-order valence-corrected chi connectivity index (χ4v) is 2.58. The molecule has 0 aliphatic rings. The number of rotatable bonds is 4. The summed E-state index contributed by atoms with van der Waals surface area (Å²) in [6, 6.07) is 16.3. The van der Waals surface area contributed by atoms with Crippen molar-refractivity contribution in [2.24, 2.45) is 0 Å². The monoisotopic (exact) mass is 264 g/mol. The maximum atomic E-state index is 5.76. The van der Waals surface area contributed by atoms with Gasteiger partial charge < -0.3 is 4.74 Å². The van der Waals surface area contributed by atoms with E-state index in [1.165, 1.54) is 4.90 Å². The Morgan fingerprint density at radius 2 is 1.76 bits per heavy atom. The van der Waals surface area contributed by atoms with Gasteiger partial charge in [0, 0.05) is 10.8 Å². The van der Waals surface area contributed by atoms with Crippen molar-refractivity contribution in [3.8, 4) is 5.75 Å². The maximum absolute atomic E-state index is 5.76. The molecule has 0 radical (unpaired) electrons. The highest BCUT2D eigenvalue weighted by Gasteiger charge is 2.03. The molecule has 0 aliphatic heterocycles. The van der Waals surface area contributed by atoms with Crippen LogP contribution >= 0.6 is 23.4 Å². The van der Waals surface area contributed by atoms with Crippen molar-refractivity contribution in [2.75, 3.05) is 7.11 Å². The van der Waals surface area contributed by atoms with E-state index in [1.54, 1.807) is 18.9 Å². The first-order valence-electron chi connectivity index (χ1n) is 5.29. The summed E-state index contributed by atoms with van der Waals surface area (Å²) in [5, 5.41) is 0. The molecule has 0 saturated carbocycles. The molecule has 88 valence electrons. The Bertz CT molecular complexity index is 482. The molecule has 0 aliphatic carbocycles. The summed E-state index contributed by atoms with van der Waals surface area (Å²) in [6.07, 6.45) is 0. The maximum Gasteiger partial charge on any atom is 0.132 e. The lowest BCUT2D eigenvalue weighted by Crippen LogP contribution is -1.85. The van der Waals surface area contributed by atoms with E-state index in [1.807, 2.05) is 30.3 Å². The molecule has 0 spiro atoms. The van der Waals surface area contributed by atoms with Crippen molar-refractivity contribution in [1.82, 2.24) is 0 Å². The zero-order valence-corrected chi connectivity index (χ0v) is 11.1. The van der Waals surface area contributed by atoms with Crippen LogP contribution in [0.15, 0.2) is 58.3 Å². The van der Waals surface area contributed by atoms with Gasteiger partial charge in [-0.15, -0.1) is 11.6 Å². The van der Waals surface area contributed by atoms with Crippen molar-refractivity contribution in [3.63, 3.8) is 0 Å². The minimum Gasteiger partial charge on any atom is -0.496 e. The van der Waals surface area contributed by atoms with Crippen LogP contribution in [0.1, 0.15) is 5.56 Å². The van der Waals surface area contributed by atoms with Gasteiger partial charge >= 0.3 is 0 Å². The number of ether oxygens (including phenoxy) is 1. The molecular weight excluding hydrogens is 252 g/mol. The molecule has 0 fully saturated rings. The number of alkyl halides is 1. The lowest BCUT2D eigenvalue weighted by molar-refractivity contribution is 0.405. The summed E-state index contributed by atoms with van der Waals surface area (Å²) in [6.45, 7) is 0. The van der Waals surface area contributed by atoms with Crippen LogP contribution in [-0.4, -0.2) is 7.11 Å². The predicted molar refractivity (Wildman–Crippen MR) is 73.1 cm³/mol. The summed E-state index contributed by atoms with van der Waals surface area (Å²) in [5.41, 5.74) is 1.14. The molecule has 0 heterocycles. The Morgan fingerprint density at radius 3 is 2.41 bits per heavy atom. The third kappa shape index (κ3) is 3.18. The summed E-state index contributed by atoms with van der Waals surface area (Å²) >= 11 is 7.45. The van der Waals surface area contributed by atoms with Gasteiger partial charge in [0.1, 0.15) is 5.75 Å². The highest BCUT2D eigenvalue weighted by Crippen LogP contribution is 2.34. The van der Waals surface area contributed by atoms with Crippen LogP contribution in [-0.2, 0) is 5.88 Å². The minimum absolute atomic E-state index is 0.555. The Labute approximate surface area is 111 Å². The number of benzene rings is 2. The number of hydrogen-bond acceptors (Lipinski definition) is 2. The average Bonchev–Trinajstić information content (AvgIpc) is 2.40. The second-order valence-corrected chi connectivity index (χ2v) is 4.91. The van der Waals surface area contributed by atoms with Crippen molar-refractivity contribution >= 4 is 23.4 Å². The van der Waals surface area contributed by atoms with Gasteiger partial charge in [0.05, 0.1) is 12.0 Å². The van der Waals surface area contributed by atoms with Crippen LogP contribution in [0.25, 0.3) is 0 Å². The molecule has 0 atom stereocenters. The van der Waals surface area contributed by atoms with Crippen molar-refractivity contribution in [2.45, 2.75) is 15.7 Å². The molecular formula is C14H13ClOS. The standard InChI is InChI=1S/C14H13ClOS/c1-16-13-4-2-3-5-14(13)17-12-8-6-11(10-15)7-9-12/h2-9H,10H2,1H3. The van der Waals surface area contributed by atoms with E-state index in [0.717, 1.165) is 16.2 Å². The summed E-state index contributed by atoms with van der Waals surface area (Å²) in [4.78, 5) is 2.30. The SMILES string of the molecule is COc1ccccc1Sc1ccc(CCl)cc1. The van der Waals surface area contributed by atoms with Crippen LogP contribution in [0.2, 0.25) is 0 Å². The number of para-hydroxylation sites is 1. The van der Waals surface area contributed by atoms with Gasteiger partial charge in [0.15, 0.2) is 0 Å². The van der Waals surface area contributed by atoms with E-state index >= 15 is 0 Å². The highest BCUT2D eigenvalue weighted by molar-refractivity contribution is 7.99. The Hall–Kier alpha value is -1.12. The quantitative estimate of drug-likeness (QED) is 0.748. The van der Waals surface area contributed by atoms with Crippen LogP contribution in [0, 0.1) is 0 Å². The number of methoxy groups -OCH3 is 1. The summed E-state index contributed by atoms with van der Waals surface area (Å²) in [5.74, 6) is 1.46. The van der Waals surface area contributed by atoms with E-state index in [4.69, 9.17) is 16.3 Å². The molecule has 2 rings (SSSR count). The first-order valence-corrected chi connectivity index (χ1v) is 6.64. The van der Waals surface area contributed by atoms with E-state index in [2.05, 4.69) is 18.2 Å². The normalized spacial score (nSPS) is 10.2. The van der Waals surface area contributed by atoms with E-state index < -0.39 is 0 Å². The molecule has 0 saturated heterocycles. The second-order valence-electron chi connectivity index (χ2n) is 3.53. The largest absolute Gasteiger partial charge is 0.496 e. The molecule has 0 bridgehead atoms. The van der Waals surface area contributed by atoms with Crippen molar-refractivity contribution < 1.29 is 4.74 Å². The van der Waals surface area contributed by atoms with Crippen LogP contribution < -0.4 is 4.74 Å². The van der Waals surface area contributed by atoms with Crippen LogP contribution in [0.5, 0.6) is 5.75 Å².